The first-order valence-electron chi connectivity index (χ1n) is 23.2. The lowest BCUT2D eigenvalue weighted by atomic mass is 9.50. The molecule has 3 aliphatic carbocycles. The number of benzene rings is 4. The summed E-state index contributed by atoms with van der Waals surface area (Å²) in [4.78, 5) is 9.86. The summed E-state index contributed by atoms with van der Waals surface area (Å²) in [7, 11) is 0. The van der Waals surface area contributed by atoms with Crippen LogP contribution in [0.15, 0.2) is 287 Å². The number of rotatable bonds is 15. The Bertz CT molecular complexity index is 3040. The molecule has 2 heteroatoms. The van der Waals surface area contributed by atoms with Gasteiger partial charge in [0.05, 0.1) is 17.4 Å². The number of hydrogen-bond donors (Lipinski definition) is 0. The Morgan fingerprint density at radius 3 is 2.21 bits per heavy atom. The second-order valence-electron chi connectivity index (χ2n) is 16.5. The zero-order valence-electron chi connectivity index (χ0n) is 39.6. The third-order valence-electron chi connectivity index (χ3n) is 12.6. The molecule has 67 heavy (non-hydrogen) atoms. The van der Waals surface area contributed by atoms with Crippen LogP contribution in [0.25, 0.3) is 11.1 Å². The van der Waals surface area contributed by atoms with Gasteiger partial charge in [0, 0.05) is 11.8 Å². The first-order chi connectivity index (χ1) is 32.9. The van der Waals surface area contributed by atoms with Gasteiger partial charge in [-0.25, -0.2) is 4.99 Å². The van der Waals surface area contributed by atoms with Gasteiger partial charge in [-0.05, 0) is 138 Å². The van der Waals surface area contributed by atoms with Crippen LogP contribution in [0, 0.1) is 6.92 Å². The molecule has 4 aromatic carbocycles. The molecular weight excluding hydrogens is 809 g/mol. The number of amidine groups is 1. The van der Waals surface area contributed by atoms with E-state index in [4.69, 9.17) is 9.98 Å². The maximum Gasteiger partial charge on any atom is 0.154 e. The second-order valence-corrected chi connectivity index (χ2v) is 16.5. The van der Waals surface area contributed by atoms with Crippen LogP contribution in [0.5, 0.6) is 0 Å². The average molecular weight is 869 g/mol. The highest BCUT2D eigenvalue weighted by molar-refractivity contribution is 6.06. The molecule has 0 fully saturated rings. The second kappa shape index (κ2) is 22.4. The fourth-order valence-electron chi connectivity index (χ4n) is 9.91. The van der Waals surface area contributed by atoms with E-state index in [0.29, 0.717) is 18.8 Å². The van der Waals surface area contributed by atoms with Crippen molar-refractivity contribution in [2.24, 2.45) is 9.98 Å². The van der Waals surface area contributed by atoms with Gasteiger partial charge in [0.25, 0.3) is 0 Å². The number of hydrogen-bond acceptors (Lipinski definition) is 1. The molecule has 0 heterocycles. The third kappa shape index (κ3) is 9.20. The summed E-state index contributed by atoms with van der Waals surface area (Å²) >= 11 is 0. The minimum absolute atomic E-state index is 0.434. The van der Waals surface area contributed by atoms with Gasteiger partial charge in [-0.15, -0.1) is 11.5 Å². The summed E-state index contributed by atoms with van der Waals surface area (Å²) in [5.74, 6) is 0.642. The number of aryl methyl sites for hydroxylation is 1. The monoisotopic (exact) mass is 868 g/mol. The summed E-state index contributed by atoms with van der Waals surface area (Å²) in [6, 6.07) is 35.9. The molecule has 7 rings (SSSR count). The first kappa shape index (κ1) is 47.1. The van der Waals surface area contributed by atoms with Crippen LogP contribution in [0.4, 0.5) is 0 Å². The molecule has 0 saturated heterocycles. The normalized spacial score (nSPS) is 19.6. The van der Waals surface area contributed by atoms with Gasteiger partial charge in [-0.2, -0.15) is 0 Å². The summed E-state index contributed by atoms with van der Waals surface area (Å²) in [6.07, 6.45) is 44.1. The van der Waals surface area contributed by atoms with Crippen LogP contribution in [-0.2, 0) is 17.3 Å². The van der Waals surface area contributed by atoms with E-state index in [0.717, 1.165) is 11.1 Å². The van der Waals surface area contributed by atoms with Gasteiger partial charge in [0.1, 0.15) is 0 Å². The van der Waals surface area contributed by atoms with Crippen molar-refractivity contribution < 1.29 is 0 Å². The molecule has 4 aromatic rings. The Kier molecular flexibility index (Phi) is 15.7. The van der Waals surface area contributed by atoms with Gasteiger partial charge in [-0.1, -0.05) is 207 Å². The van der Waals surface area contributed by atoms with Crippen LogP contribution in [0.1, 0.15) is 61.1 Å². The number of fused-ring (bicyclic) bond motifs is 6. The Labute approximate surface area is 399 Å². The Morgan fingerprint density at radius 2 is 1.46 bits per heavy atom. The van der Waals surface area contributed by atoms with Crippen molar-refractivity contribution in [3.05, 3.63) is 310 Å². The zero-order chi connectivity index (χ0) is 47.1. The standard InChI is InChI=1S/C65H60N2/c1-8-14-16-17-18-29-46-66-63(67-48-51(31-10-3)34-15-9-2)52(12-5)36-30-35-50-44-45-55-54-39-26-28-41-58(54)65(62(55)47-50)56(13-6)59(32-11-4)64(53-37-21-19-22-38-53,57-40-27-25-33-49(57)7)60-42-23-20-24-43-61(60)65/h8-9,11-23,25-34,36-47H,3,6,35,48H2,1-2,4-5,7H3/b14-8-,15-9-,17-16-,29-18+,32-11-,36-30-,51-34+,52-12+,66-46?,67-63?. The lowest BCUT2D eigenvalue weighted by Crippen LogP contribution is -2.44. The van der Waals surface area contributed by atoms with Crippen molar-refractivity contribution in [1.82, 2.24) is 0 Å². The highest BCUT2D eigenvalue weighted by Crippen LogP contribution is 2.65. The van der Waals surface area contributed by atoms with Crippen LogP contribution in [-0.4, -0.2) is 18.6 Å². The molecule has 2 unspecified atom stereocenters. The topological polar surface area (TPSA) is 24.7 Å². The first-order valence-corrected chi connectivity index (χ1v) is 23.2. The predicted octanol–water partition coefficient (Wildman–Crippen LogP) is 15.9. The summed E-state index contributed by atoms with van der Waals surface area (Å²) in [5.41, 5.74) is 21.7. The van der Waals surface area contributed by atoms with E-state index >= 15 is 0 Å². The van der Waals surface area contributed by atoms with E-state index < -0.39 is 10.8 Å². The summed E-state index contributed by atoms with van der Waals surface area (Å²) in [6.45, 7) is 19.3. The number of nitrogens with zero attached hydrogens (tertiary/aromatic N) is 2. The van der Waals surface area contributed by atoms with Crippen molar-refractivity contribution in [1.29, 1.82) is 0 Å². The average Bonchev–Trinajstić information content (AvgIpc) is 3.45. The molecule has 0 aliphatic heterocycles. The highest BCUT2D eigenvalue weighted by Gasteiger charge is 2.57. The van der Waals surface area contributed by atoms with Crippen molar-refractivity contribution in [2.45, 2.75) is 51.9 Å². The fourth-order valence-corrected chi connectivity index (χ4v) is 9.91. The molecule has 0 aromatic heterocycles. The molecule has 0 saturated carbocycles. The van der Waals surface area contributed by atoms with Crippen LogP contribution in [0.3, 0.4) is 0 Å². The molecule has 0 bridgehead atoms. The van der Waals surface area contributed by atoms with Gasteiger partial charge in [0.2, 0.25) is 0 Å². The van der Waals surface area contributed by atoms with E-state index in [1.807, 2.05) is 87.6 Å². The van der Waals surface area contributed by atoms with E-state index in [9.17, 15) is 0 Å². The molecular formula is C65H60N2. The Morgan fingerprint density at radius 1 is 0.731 bits per heavy atom. The maximum absolute atomic E-state index is 5.01. The molecule has 0 radical (unpaired) electrons. The molecule has 3 aliphatic rings. The van der Waals surface area contributed by atoms with Gasteiger partial charge < -0.3 is 0 Å². The Balaban J connectivity index is 1.40. The van der Waals surface area contributed by atoms with E-state index in [1.165, 1.54) is 66.8 Å². The molecule has 330 valence electrons. The minimum atomic E-state index is -0.690. The Hall–Kier alpha value is -7.86. The van der Waals surface area contributed by atoms with E-state index in [-0.39, 0.29) is 0 Å². The van der Waals surface area contributed by atoms with Crippen LogP contribution in [0.2, 0.25) is 0 Å². The van der Waals surface area contributed by atoms with Gasteiger partial charge in [0.15, 0.2) is 5.84 Å². The largest absolute Gasteiger partial charge is 0.261 e. The smallest absolute Gasteiger partial charge is 0.154 e. The van der Waals surface area contributed by atoms with Crippen molar-refractivity contribution >= 4 is 12.1 Å². The minimum Gasteiger partial charge on any atom is -0.261 e. The molecule has 0 N–H and O–H groups in total. The van der Waals surface area contributed by atoms with E-state index in [1.54, 1.807) is 6.21 Å². The highest BCUT2D eigenvalue weighted by atomic mass is 14.9. The molecule has 0 amide bonds. The zero-order valence-corrected chi connectivity index (χ0v) is 39.6. The van der Waals surface area contributed by atoms with Crippen molar-refractivity contribution in [3.8, 4) is 11.1 Å². The molecule has 1 spiro atoms. The van der Waals surface area contributed by atoms with E-state index in [2.05, 4.69) is 190 Å². The quantitative estimate of drug-likeness (QED) is 0.0492. The lowest BCUT2D eigenvalue weighted by Gasteiger charge is -2.50. The van der Waals surface area contributed by atoms with Gasteiger partial charge in [-0.3, -0.25) is 4.99 Å². The third-order valence-corrected chi connectivity index (χ3v) is 12.6. The van der Waals surface area contributed by atoms with Crippen LogP contribution < -0.4 is 0 Å². The van der Waals surface area contributed by atoms with Crippen LogP contribution >= 0.6 is 0 Å². The number of aliphatic imine (C=N–C) groups is 2. The van der Waals surface area contributed by atoms with Gasteiger partial charge >= 0.3 is 0 Å². The predicted molar refractivity (Wildman–Crippen MR) is 289 cm³/mol. The molecule has 2 atom stereocenters. The SMILES string of the molecule is C=C=C/C(=C\C=C/C)CN=C(N=C/C=C/C=C\C=C/C)C(/C=C\Cc1ccc2c(c1)C1(C3=C(C=CC=C=C3)C(c3ccccc3)(c3ccccc3C)C(/C=C\C)=C1C=C)c1ccccc1-2)=C/C. The summed E-state index contributed by atoms with van der Waals surface area (Å²) < 4.78 is 0. The van der Waals surface area contributed by atoms with Crippen molar-refractivity contribution in [3.63, 3.8) is 0 Å². The lowest BCUT2D eigenvalue weighted by molar-refractivity contribution is 0.628. The maximum atomic E-state index is 5.01. The fraction of sp³-hybridized carbons (Fsp3) is 0.138. The summed E-state index contributed by atoms with van der Waals surface area (Å²) in [5, 5.41) is 0. The number of allylic oxidation sites excluding steroid dienone is 21. The molecule has 2 nitrogen and oxygen atoms in total. The van der Waals surface area contributed by atoms with Crippen molar-refractivity contribution in [2.75, 3.05) is 6.54 Å².